The molecule has 4 heterocycles. The number of hydrogen-bond donors (Lipinski definition) is 1. The minimum absolute atomic E-state index is 0.497. The highest BCUT2D eigenvalue weighted by Crippen LogP contribution is 2.23. The number of hydrogen-bond acceptors (Lipinski definition) is 6. The van der Waals surface area contributed by atoms with Crippen molar-refractivity contribution in [3.05, 3.63) is 17.6 Å². The molecule has 0 amide bonds. The molecule has 3 saturated heterocycles. The first-order chi connectivity index (χ1) is 13.2. The van der Waals surface area contributed by atoms with E-state index in [2.05, 4.69) is 33.1 Å². The summed E-state index contributed by atoms with van der Waals surface area (Å²) >= 11 is 0. The zero-order valence-corrected chi connectivity index (χ0v) is 17.0. The highest BCUT2D eigenvalue weighted by Gasteiger charge is 2.36. The molecule has 1 aromatic heterocycles. The van der Waals surface area contributed by atoms with Gasteiger partial charge in [0.1, 0.15) is 11.6 Å². The number of nitrogens with one attached hydrogen (secondary N) is 1. The minimum atomic E-state index is 0.497. The summed E-state index contributed by atoms with van der Waals surface area (Å²) in [7, 11) is 0. The summed E-state index contributed by atoms with van der Waals surface area (Å²) in [5, 5.41) is 3.93. The van der Waals surface area contributed by atoms with E-state index in [1.54, 1.807) is 0 Å². The van der Waals surface area contributed by atoms with E-state index in [4.69, 9.17) is 9.72 Å². The van der Waals surface area contributed by atoms with Gasteiger partial charge in [-0.05, 0) is 52.1 Å². The molecule has 0 radical (unpaired) electrons. The molecule has 1 N–H and O–H groups in total. The van der Waals surface area contributed by atoms with Crippen molar-refractivity contribution in [1.82, 2.24) is 20.2 Å². The van der Waals surface area contributed by atoms with Crippen molar-refractivity contribution in [2.75, 3.05) is 44.3 Å². The maximum atomic E-state index is 5.83. The summed E-state index contributed by atoms with van der Waals surface area (Å²) in [5.74, 6) is 2.01. The van der Waals surface area contributed by atoms with Crippen LogP contribution in [0.2, 0.25) is 0 Å². The Morgan fingerprint density at radius 1 is 1.11 bits per heavy atom. The van der Waals surface area contributed by atoms with Crippen molar-refractivity contribution in [3.8, 4) is 0 Å². The Balaban J connectivity index is 1.31. The lowest BCUT2D eigenvalue weighted by molar-refractivity contribution is 0.158. The van der Waals surface area contributed by atoms with Gasteiger partial charge in [-0.2, -0.15) is 0 Å². The Labute approximate surface area is 163 Å². The summed E-state index contributed by atoms with van der Waals surface area (Å²) in [5.41, 5.74) is 1.18. The van der Waals surface area contributed by atoms with Crippen LogP contribution in [0.15, 0.2) is 6.07 Å². The zero-order valence-electron chi connectivity index (χ0n) is 17.0. The molecular weight excluding hydrogens is 338 g/mol. The van der Waals surface area contributed by atoms with Crippen LogP contribution in [0.25, 0.3) is 0 Å². The number of piperidine rings is 1. The van der Waals surface area contributed by atoms with Crippen LogP contribution < -0.4 is 10.2 Å². The van der Waals surface area contributed by atoms with Crippen LogP contribution in [-0.2, 0) is 11.2 Å². The Morgan fingerprint density at radius 2 is 1.89 bits per heavy atom. The van der Waals surface area contributed by atoms with Crippen molar-refractivity contribution < 1.29 is 4.74 Å². The van der Waals surface area contributed by atoms with Gasteiger partial charge in [-0.3, -0.25) is 4.90 Å². The van der Waals surface area contributed by atoms with E-state index in [9.17, 15) is 0 Å². The summed E-state index contributed by atoms with van der Waals surface area (Å²) in [4.78, 5) is 14.4. The standard InChI is InChI=1S/C21H35N5O/c1-3-6-18-13-21(23-16(2)22-18)26-11-7-17(8-12-26)24-19-14-27-15-20(19)25-9-4-5-10-25/h13,17,19-20,24H,3-12,14-15H2,1-2H3/t19-,20-/m0/s1. The van der Waals surface area contributed by atoms with Crippen molar-refractivity contribution in [1.29, 1.82) is 0 Å². The largest absolute Gasteiger partial charge is 0.378 e. The Kier molecular flexibility index (Phi) is 6.25. The van der Waals surface area contributed by atoms with Crippen LogP contribution in [-0.4, -0.2) is 72.4 Å². The first-order valence-corrected chi connectivity index (χ1v) is 10.9. The van der Waals surface area contributed by atoms with Gasteiger partial charge in [0.2, 0.25) is 0 Å². The predicted octanol–water partition coefficient (Wildman–Crippen LogP) is 2.16. The SMILES string of the molecule is CCCc1cc(N2CCC(N[C@H]3COC[C@@H]3N3CCCC3)CC2)nc(C)n1. The summed E-state index contributed by atoms with van der Waals surface area (Å²) in [6.45, 7) is 10.6. The fraction of sp³-hybridized carbons (Fsp3) is 0.810. The molecule has 0 saturated carbocycles. The van der Waals surface area contributed by atoms with Crippen LogP contribution in [0.3, 0.4) is 0 Å². The van der Waals surface area contributed by atoms with Gasteiger partial charge in [-0.15, -0.1) is 0 Å². The number of nitrogens with zero attached hydrogens (tertiary/aromatic N) is 4. The first kappa shape index (κ1) is 19.1. The van der Waals surface area contributed by atoms with Gasteiger partial charge in [0.05, 0.1) is 19.3 Å². The maximum Gasteiger partial charge on any atom is 0.132 e. The topological polar surface area (TPSA) is 53.5 Å². The molecule has 27 heavy (non-hydrogen) atoms. The fourth-order valence-corrected chi connectivity index (χ4v) is 4.87. The summed E-state index contributed by atoms with van der Waals surface area (Å²) in [6.07, 6.45) is 7.21. The molecule has 6 nitrogen and oxygen atoms in total. The summed E-state index contributed by atoms with van der Waals surface area (Å²) < 4.78 is 5.83. The zero-order chi connectivity index (χ0) is 18.6. The monoisotopic (exact) mass is 373 g/mol. The van der Waals surface area contributed by atoms with Crippen LogP contribution in [0.1, 0.15) is 50.5 Å². The van der Waals surface area contributed by atoms with E-state index in [1.807, 2.05) is 6.92 Å². The second-order valence-corrected chi connectivity index (χ2v) is 8.40. The van der Waals surface area contributed by atoms with Crippen molar-refractivity contribution >= 4 is 5.82 Å². The second-order valence-electron chi connectivity index (χ2n) is 8.40. The first-order valence-electron chi connectivity index (χ1n) is 10.9. The number of aromatic nitrogens is 2. The third kappa shape index (κ3) is 4.61. The number of ether oxygens (including phenoxy) is 1. The maximum absolute atomic E-state index is 5.83. The van der Waals surface area contributed by atoms with E-state index in [0.29, 0.717) is 18.1 Å². The number of anilines is 1. The lowest BCUT2D eigenvalue weighted by atomic mass is 10.0. The van der Waals surface area contributed by atoms with E-state index in [-0.39, 0.29) is 0 Å². The number of aryl methyl sites for hydroxylation is 2. The molecule has 3 aliphatic rings. The number of rotatable bonds is 6. The Morgan fingerprint density at radius 3 is 2.63 bits per heavy atom. The molecule has 0 bridgehead atoms. The highest BCUT2D eigenvalue weighted by molar-refractivity contribution is 5.40. The van der Waals surface area contributed by atoms with Crippen LogP contribution in [0.4, 0.5) is 5.82 Å². The second kappa shape index (κ2) is 8.84. The molecular formula is C21H35N5O. The lowest BCUT2D eigenvalue weighted by Crippen LogP contribution is -2.54. The van der Waals surface area contributed by atoms with Crippen molar-refractivity contribution in [2.45, 2.75) is 70.5 Å². The highest BCUT2D eigenvalue weighted by atomic mass is 16.5. The van der Waals surface area contributed by atoms with Gasteiger partial charge in [0.25, 0.3) is 0 Å². The average molecular weight is 374 g/mol. The van der Waals surface area contributed by atoms with Crippen LogP contribution in [0, 0.1) is 6.92 Å². The normalized spacial score (nSPS) is 27.6. The third-order valence-electron chi connectivity index (χ3n) is 6.31. The van der Waals surface area contributed by atoms with Crippen molar-refractivity contribution in [2.24, 2.45) is 0 Å². The lowest BCUT2D eigenvalue weighted by Gasteiger charge is -2.36. The van der Waals surface area contributed by atoms with E-state index >= 15 is 0 Å². The Hall–Kier alpha value is -1.24. The molecule has 0 aliphatic carbocycles. The fourth-order valence-electron chi connectivity index (χ4n) is 4.87. The summed E-state index contributed by atoms with van der Waals surface area (Å²) in [6, 6.07) is 3.86. The molecule has 0 aromatic carbocycles. The van der Waals surface area contributed by atoms with Gasteiger partial charge >= 0.3 is 0 Å². The minimum Gasteiger partial charge on any atom is -0.378 e. The molecule has 150 valence electrons. The van der Waals surface area contributed by atoms with E-state index in [1.165, 1.54) is 44.5 Å². The van der Waals surface area contributed by atoms with Gasteiger partial charge in [-0.1, -0.05) is 13.3 Å². The number of likely N-dealkylation sites (tertiary alicyclic amines) is 1. The molecule has 3 aliphatic heterocycles. The molecule has 0 unspecified atom stereocenters. The van der Waals surface area contributed by atoms with Crippen LogP contribution >= 0.6 is 0 Å². The Bertz CT molecular complexity index is 611. The molecule has 6 heteroatoms. The quantitative estimate of drug-likeness (QED) is 0.825. The third-order valence-corrected chi connectivity index (χ3v) is 6.31. The van der Waals surface area contributed by atoms with Gasteiger partial charge in [0, 0.05) is 36.9 Å². The molecule has 4 rings (SSSR count). The smallest absolute Gasteiger partial charge is 0.132 e. The molecule has 3 fully saturated rings. The van der Waals surface area contributed by atoms with Gasteiger partial charge < -0.3 is 15.0 Å². The van der Waals surface area contributed by atoms with E-state index < -0.39 is 0 Å². The van der Waals surface area contributed by atoms with Crippen LogP contribution in [0.5, 0.6) is 0 Å². The van der Waals surface area contributed by atoms with E-state index in [0.717, 1.165) is 50.8 Å². The molecule has 1 aromatic rings. The van der Waals surface area contributed by atoms with Gasteiger partial charge in [0.15, 0.2) is 0 Å². The average Bonchev–Trinajstić information content (AvgIpc) is 3.33. The van der Waals surface area contributed by atoms with Gasteiger partial charge in [-0.25, -0.2) is 9.97 Å². The predicted molar refractivity (Wildman–Crippen MR) is 108 cm³/mol. The molecule has 2 atom stereocenters. The van der Waals surface area contributed by atoms with Crippen molar-refractivity contribution in [3.63, 3.8) is 0 Å². The molecule has 0 spiro atoms.